The number of fused-ring (bicyclic) bond motifs is 8. The van der Waals surface area contributed by atoms with Crippen LogP contribution in [0.4, 0.5) is 17.1 Å². The van der Waals surface area contributed by atoms with E-state index in [1.54, 1.807) is 0 Å². The molecule has 0 unspecified atom stereocenters. The Kier molecular flexibility index (Phi) is 6.15. The lowest BCUT2D eigenvalue weighted by atomic mass is 9.93. The van der Waals surface area contributed by atoms with Crippen molar-refractivity contribution in [1.29, 1.82) is 0 Å². The average Bonchev–Trinajstić information content (AvgIpc) is 3.77. The summed E-state index contributed by atoms with van der Waals surface area (Å²) >= 11 is 0. The van der Waals surface area contributed by atoms with E-state index in [9.17, 15) is 0 Å². The first-order valence-electron chi connectivity index (χ1n) is 16.5. The van der Waals surface area contributed by atoms with Crippen molar-refractivity contribution in [3.63, 3.8) is 0 Å². The van der Waals surface area contributed by atoms with E-state index >= 15 is 0 Å². The first-order valence-corrected chi connectivity index (χ1v) is 16.5. The molecule has 0 spiro atoms. The number of nitrogens with zero attached hydrogens (tertiary/aromatic N) is 2. The number of aromatic nitrogens is 1. The van der Waals surface area contributed by atoms with Gasteiger partial charge in [0.15, 0.2) is 5.58 Å². The maximum absolute atomic E-state index is 6.48. The number of hydrogen-bond donors (Lipinski definition) is 0. The lowest BCUT2D eigenvalue weighted by molar-refractivity contribution is 0.619. The van der Waals surface area contributed by atoms with Crippen LogP contribution < -0.4 is 4.90 Å². The van der Waals surface area contributed by atoms with E-state index in [0.29, 0.717) is 5.89 Å². The summed E-state index contributed by atoms with van der Waals surface area (Å²) in [5.41, 5.74) is 9.60. The molecule has 0 amide bonds. The van der Waals surface area contributed by atoms with Gasteiger partial charge >= 0.3 is 0 Å². The van der Waals surface area contributed by atoms with Crippen molar-refractivity contribution in [2.45, 2.75) is 0 Å². The molecule has 0 aliphatic rings. The van der Waals surface area contributed by atoms with Gasteiger partial charge in [-0.15, -0.1) is 0 Å². The van der Waals surface area contributed by atoms with Gasteiger partial charge in [-0.2, -0.15) is 0 Å². The third-order valence-corrected chi connectivity index (χ3v) is 9.47. The van der Waals surface area contributed by atoms with Crippen LogP contribution in [0.5, 0.6) is 0 Å². The molecule has 8 aromatic carbocycles. The summed E-state index contributed by atoms with van der Waals surface area (Å²) in [6.07, 6.45) is 0. The van der Waals surface area contributed by atoms with Gasteiger partial charge in [-0.05, 0) is 99.4 Å². The highest BCUT2D eigenvalue weighted by molar-refractivity contribution is 6.17. The second-order valence-electron chi connectivity index (χ2n) is 12.4. The van der Waals surface area contributed by atoms with E-state index in [2.05, 4.69) is 126 Å². The largest absolute Gasteiger partial charge is 0.456 e. The van der Waals surface area contributed by atoms with Crippen LogP contribution in [0, 0.1) is 0 Å². The molecule has 0 saturated heterocycles. The van der Waals surface area contributed by atoms with Crippen LogP contribution in [0.2, 0.25) is 0 Å². The van der Waals surface area contributed by atoms with Crippen LogP contribution in [0.25, 0.3) is 77.2 Å². The molecule has 0 aliphatic heterocycles. The van der Waals surface area contributed by atoms with Crippen LogP contribution in [0.1, 0.15) is 0 Å². The Bertz CT molecular complexity index is 2820. The molecule has 4 heteroatoms. The molecule has 0 bridgehead atoms. The van der Waals surface area contributed by atoms with Gasteiger partial charge in [-0.1, -0.05) is 97.1 Å². The van der Waals surface area contributed by atoms with Crippen molar-refractivity contribution in [3.8, 4) is 22.6 Å². The van der Waals surface area contributed by atoms with Crippen molar-refractivity contribution in [1.82, 2.24) is 4.98 Å². The molecule has 0 aliphatic carbocycles. The van der Waals surface area contributed by atoms with Gasteiger partial charge in [-0.3, -0.25) is 0 Å². The highest BCUT2D eigenvalue weighted by atomic mass is 16.4. The quantitative estimate of drug-likeness (QED) is 0.178. The molecule has 0 fully saturated rings. The third kappa shape index (κ3) is 4.49. The fourth-order valence-electron chi connectivity index (χ4n) is 7.19. The van der Waals surface area contributed by atoms with Crippen LogP contribution in [0.15, 0.2) is 179 Å². The van der Waals surface area contributed by atoms with Gasteiger partial charge in [0, 0.05) is 34.1 Å². The summed E-state index contributed by atoms with van der Waals surface area (Å²) in [5, 5.41) is 7.00. The number of furan rings is 1. The monoisotopic (exact) mass is 628 g/mol. The van der Waals surface area contributed by atoms with E-state index in [0.717, 1.165) is 55.7 Å². The smallest absolute Gasteiger partial charge is 0.227 e. The van der Waals surface area contributed by atoms with Crippen molar-refractivity contribution < 1.29 is 8.83 Å². The van der Waals surface area contributed by atoms with E-state index in [4.69, 9.17) is 13.8 Å². The average molecular weight is 629 g/mol. The maximum Gasteiger partial charge on any atom is 0.227 e. The molecule has 2 aromatic heterocycles. The molecule has 0 radical (unpaired) electrons. The summed E-state index contributed by atoms with van der Waals surface area (Å²) in [6, 6.07) is 59.3. The minimum absolute atomic E-state index is 0.601. The lowest BCUT2D eigenvalue weighted by Crippen LogP contribution is -2.09. The first-order chi connectivity index (χ1) is 24.3. The van der Waals surface area contributed by atoms with Gasteiger partial charge in [0.25, 0.3) is 0 Å². The Morgan fingerprint density at radius 3 is 1.88 bits per heavy atom. The van der Waals surface area contributed by atoms with Gasteiger partial charge in [0.05, 0.1) is 5.39 Å². The Hall–Kier alpha value is -6.65. The predicted octanol–water partition coefficient (Wildman–Crippen LogP) is 12.8. The lowest BCUT2D eigenvalue weighted by Gasteiger charge is -2.25. The Morgan fingerprint density at radius 2 is 1.06 bits per heavy atom. The zero-order valence-electron chi connectivity index (χ0n) is 26.4. The molecule has 10 aromatic rings. The van der Waals surface area contributed by atoms with Gasteiger partial charge < -0.3 is 13.7 Å². The zero-order chi connectivity index (χ0) is 32.3. The number of oxazole rings is 1. The third-order valence-electron chi connectivity index (χ3n) is 9.47. The normalized spacial score (nSPS) is 11.7. The molecular weight excluding hydrogens is 601 g/mol. The van der Waals surface area contributed by atoms with Crippen molar-refractivity contribution in [3.05, 3.63) is 170 Å². The first kappa shape index (κ1) is 27.5. The van der Waals surface area contributed by atoms with Gasteiger partial charge in [0.1, 0.15) is 16.7 Å². The second kappa shape index (κ2) is 11.0. The van der Waals surface area contributed by atoms with Crippen LogP contribution in [-0.4, -0.2) is 4.98 Å². The Morgan fingerprint density at radius 1 is 0.408 bits per heavy atom. The molecule has 4 nitrogen and oxygen atoms in total. The number of benzene rings is 8. The number of rotatable bonds is 5. The van der Waals surface area contributed by atoms with Gasteiger partial charge in [0.2, 0.25) is 5.89 Å². The van der Waals surface area contributed by atoms with E-state index < -0.39 is 0 Å². The molecular formula is C45H28N2O2. The minimum atomic E-state index is 0.601. The molecule has 0 saturated carbocycles. The topological polar surface area (TPSA) is 42.4 Å². The summed E-state index contributed by atoms with van der Waals surface area (Å²) in [7, 11) is 0. The maximum atomic E-state index is 6.48. The number of anilines is 3. The van der Waals surface area contributed by atoms with E-state index in [-0.39, 0.29) is 0 Å². The molecule has 10 rings (SSSR count). The second-order valence-corrected chi connectivity index (χ2v) is 12.4. The van der Waals surface area contributed by atoms with Crippen molar-refractivity contribution >= 4 is 71.6 Å². The van der Waals surface area contributed by atoms with Crippen molar-refractivity contribution in [2.24, 2.45) is 0 Å². The highest BCUT2D eigenvalue weighted by Crippen LogP contribution is 2.42. The van der Waals surface area contributed by atoms with Crippen LogP contribution >= 0.6 is 0 Å². The molecule has 230 valence electrons. The SMILES string of the molecule is c1ccc(-c2nc3c(ccc4oc5cc(N(c6ccccc6)c6ccc(-c7cc8ccccc8c8ccccc78)cc6)ccc5c43)o2)cc1. The standard InChI is InChI=1S/C45H28N2O2/c1-3-11-30(12-4-1)45-46-44-41(49-45)26-25-40-43(44)38-24-23-34(28-42(38)48-40)47(32-14-5-2-6-15-32)33-21-19-29(20-22-33)39-27-31-13-7-8-16-35(31)36-17-9-10-18-37(36)39/h1-28H. The summed E-state index contributed by atoms with van der Waals surface area (Å²) in [4.78, 5) is 7.19. The molecule has 0 atom stereocenters. The number of hydrogen-bond acceptors (Lipinski definition) is 4. The van der Waals surface area contributed by atoms with E-state index in [1.165, 1.54) is 32.7 Å². The molecule has 49 heavy (non-hydrogen) atoms. The zero-order valence-corrected chi connectivity index (χ0v) is 26.4. The fourth-order valence-corrected chi connectivity index (χ4v) is 7.19. The predicted molar refractivity (Wildman–Crippen MR) is 202 cm³/mol. The van der Waals surface area contributed by atoms with Gasteiger partial charge in [-0.25, -0.2) is 4.98 Å². The highest BCUT2D eigenvalue weighted by Gasteiger charge is 2.19. The Balaban J connectivity index is 1.09. The van der Waals surface area contributed by atoms with E-state index in [1.807, 2.05) is 48.5 Å². The molecule has 0 N–H and O–H groups in total. The van der Waals surface area contributed by atoms with Crippen LogP contribution in [-0.2, 0) is 0 Å². The minimum Gasteiger partial charge on any atom is -0.456 e. The summed E-state index contributed by atoms with van der Waals surface area (Å²) < 4.78 is 12.7. The summed E-state index contributed by atoms with van der Waals surface area (Å²) in [5.74, 6) is 0.601. The fraction of sp³-hybridized carbons (Fsp3) is 0. The summed E-state index contributed by atoms with van der Waals surface area (Å²) in [6.45, 7) is 0. The van der Waals surface area contributed by atoms with Crippen molar-refractivity contribution in [2.75, 3.05) is 4.90 Å². The van der Waals surface area contributed by atoms with Crippen LogP contribution in [0.3, 0.4) is 0 Å². The Labute approximate surface area is 282 Å². The number of para-hydroxylation sites is 1. The molecule has 2 heterocycles.